The Kier molecular flexibility index (Phi) is 4.65. The van der Waals surface area contributed by atoms with E-state index in [0.29, 0.717) is 25.7 Å². The lowest BCUT2D eigenvalue weighted by Crippen LogP contribution is -2.61. The summed E-state index contributed by atoms with van der Waals surface area (Å²) in [7, 11) is 0. The lowest BCUT2D eigenvalue weighted by atomic mass is 9.95. The Labute approximate surface area is 136 Å². The zero-order valence-corrected chi connectivity index (χ0v) is 13.8. The van der Waals surface area contributed by atoms with Gasteiger partial charge in [0.1, 0.15) is 5.54 Å². The van der Waals surface area contributed by atoms with Gasteiger partial charge >= 0.3 is 5.97 Å². The third kappa shape index (κ3) is 3.24. The van der Waals surface area contributed by atoms with Gasteiger partial charge in [-0.15, -0.1) is 5.10 Å². The molecule has 0 saturated carbocycles. The molecule has 8 heteroatoms. The van der Waals surface area contributed by atoms with Gasteiger partial charge in [-0.05, 0) is 13.8 Å². The van der Waals surface area contributed by atoms with Crippen molar-refractivity contribution in [1.82, 2.24) is 24.8 Å². The van der Waals surface area contributed by atoms with E-state index in [1.807, 2.05) is 10.9 Å². The number of ether oxygens (including phenoxy) is 1. The van der Waals surface area contributed by atoms with E-state index in [4.69, 9.17) is 4.74 Å². The van der Waals surface area contributed by atoms with Gasteiger partial charge in [-0.1, -0.05) is 5.21 Å². The fraction of sp³-hybridized carbons (Fsp3) is 0.800. The van der Waals surface area contributed by atoms with E-state index >= 15 is 0 Å². The normalized spacial score (nSPS) is 26.9. The van der Waals surface area contributed by atoms with Crippen LogP contribution < -0.4 is 0 Å². The van der Waals surface area contributed by atoms with Crippen LogP contribution in [0, 0.1) is 0 Å². The Bertz CT molecular complexity index is 545. The van der Waals surface area contributed by atoms with Crippen molar-refractivity contribution in [3.63, 3.8) is 0 Å². The zero-order valence-electron chi connectivity index (χ0n) is 13.8. The molecule has 1 aromatic heterocycles. The number of aromatic nitrogens is 3. The maximum Gasteiger partial charge on any atom is 0.326 e. The molecular formula is C15H25N5O3. The molecule has 2 aliphatic heterocycles. The second-order valence-electron chi connectivity index (χ2n) is 6.69. The fourth-order valence-electron chi connectivity index (χ4n) is 3.31. The summed E-state index contributed by atoms with van der Waals surface area (Å²) in [5, 5.41) is 18.0. The number of carbonyl (C=O) groups is 1. The smallest absolute Gasteiger partial charge is 0.326 e. The first-order chi connectivity index (χ1) is 11.0. The monoisotopic (exact) mass is 323 g/mol. The van der Waals surface area contributed by atoms with Crippen molar-refractivity contribution in [2.24, 2.45) is 0 Å². The first-order valence-electron chi connectivity index (χ1n) is 8.20. The van der Waals surface area contributed by atoms with E-state index in [9.17, 15) is 9.90 Å². The minimum atomic E-state index is -0.827. The van der Waals surface area contributed by atoms with Crippen molar-refractivity contribution >= 4 is 5.97 Å². The molecule has 8 nitrogen and oxygen atoms in total. The molecule has 1 N–H and O–H groups in total. The minimum absolute atomic E-state index is 0.297. The molecule has 23 heavy (non-hydrogen) atoms. The van der Waals surface area contributed by atoms with Crippen LogP contribution in [0.15, 0.2) is 6.20 Å². The van der Waals surface area contributed by atoms with Gasteiger partial charge < -0.3 is 9.84 Å². The number of carboxylic acids is 1. The molecule has 1 unspecified atom stereocenters. The molecule has 1 aromatic rings. The van der Waals surface area contributed by atoms with Crippen LogP contribution in [-0.4, -0.2) is 80.8 Å². The highest BCUT2D eigenvalue weighted by Crippen LogP contribution is 2.28. The zero-order chi connectivity index (χ0) is 16.4. The topological polar surface area (TPSA) is 83.7 Å². The van der Waals surface area contributed by atoms with E-state index in [2.05, 4.69) is 34.0 Å². The molecule has 0 bridgehead atoms. The average molecular weight is 323 g/mol. The number of rotatable bonds is 5. The Morgan fingerprint density at radius 1 is 1.39 bits per heavy atom. The van der Waals surface area contributed by atoms with E-state index in [0.717, 1.165) is 38.4 Å². The van der Waals surface area contributed by atoms with Crippen molar-refractivity contribution in [3.05, 3.63) is 11.9 Å². The molecule has 0 radical (unpaired) electrons. The minimum Gasteiger partial charge on any atom is -0.480 e. The molecule has 3 heterocycles. The van der Waals surface area contributed by atoms with Crippen LogP contribution in [0.2, 0.25) is 0 Å². The third-order valence-corrected chi connectivity index (χ3v) is 4.85. The molecular weight excluding hydrogens is 298 g/mol. The molecule has 0 spiro atoms. The molecule has 2 fully saturated rings. The molecule has 0 amide bonds. The average Bonchev–Trinajstić information content (AvgIpc) is 3.17. The Balaban J connectivity index is 1.56. The predicted molar refractivity (Wildman–Crippen MR) is 83.1 cm³/mol. The van der Waals surface area contributed by atoms with E-state index in [1.165, 1.54) is 0 Å². The Hall–Kier alpha value is -1.51. The van der Waals surface area contributed by atoms with Gasteiger partial charge in [-0.2, -0.15) is 0 Å². The maximum atomic E-state index is 11.7. The molecule has 2 saturated heterocycles. The van der Waals surface area contributed by atoms with Gasteiger partial charge in [-0.3, -0.25) is 14.6 Å². The van der Waals surface area contributed by atoms with Crippen molar-refractivity contribution in [3.8, 4) is 0 Å². The van der Waals surface area contributed by atoms with Crippen molar-refractivity contribution < 1.29 is 14.6 Å². The van der Waals surface area contributed by atoms with Gasteiger partial charge in [-0.25, -0.2) is 4.68 Å². The summed E-state index contributed by atoms with van der Waals surface area (Å²) >= 11 is 0. The second-order valence-corrected chi connectivity index (χ2v) is 6.69. The number of aliphatic carboxylic acids is 1. The summed E-state index contributed by atoms with van der Waals surface area (Å²) in [6.45, 7) is 8.90. The van der Waals surface area contributed by atoms with Crippen molar-refractivity contribution in [2.45, 2.75) is 38.4 Å². The summed E-state index contributed by atoms with van der Waals surface area (Å²) in [6.07, 6.45) is 2.56. The van der Waals surface area contributed by atoms with Crippen LogP contribution in [0.3, 0.4) is 0 Å². The van der Waals surface area contributed by atoms with Crippen LogP contribution in [0.1, 0.15) is 32.0 Å². The van der Waals surface area contributed by atoms with E-state index < -0.39 is 11.5 Å². The number of carboxylic acid groups (broad SMARTS) is 1. The second kappa shape index (κ2) is 6.54. The Morgan fingerprint density at radius 2 is 2.13 bits per heavy atom. The largest absolute Gasteiger partial charge is 0.480 e. The van der Waals surface area contributed by atoms with Crippen LogP contribution in [0.5, 0.6) is 0 Å². The quantitative estimate of drug-likeness (QED) is 0.830. The first-order valence-corrected chi connectivity index (χ1v) is 8.20. The van der Waals surface area contributed by atoms with Crippen molar-refractivity contribution in [2.75, 3.05) is 39.4 Å². The van der Waals surface area contributed by atoms with Gasteiger partial charge in [0.05, 0.1) is 18.5 Å². The van der Waals surface area contributed by atoms with Crippen LogP contribution in [-0.2, 0) is 16.1 Å². The summed E-state index contributed by atoms with van der Waals surface area (Å²) in [5.74, 6) is -0.761. The highest BCUT2D eigenvalue weighted by molar-refractivity contribution is 5.79. The standard InChI is InChI=1S/C15H25N5O3/c1-12(2)20-10-13(16-17-20)9-18-4-6-19(7-5-18)15(14(21)22)3-8-23-11-15/h10,12H,3-9,11H2,1-2H3,(H,21,22). The lowest BCUT2D eigenvalue weighted by molar-refractivity contribution is -0.153. The van der Waals surface area contributed by atoms with Gasteiger partial charge in [0.25, 0.3) is 0 Å². The van der Waals surface area contributed by atoms with Gasteiger partial charge in [0.15, 0.2) is 0 Å². The van der Waals surface area contributed by atoms with Crippen LogP contribution in [0.25, 0.3) is 0 Å². The molecule has 3 rings (SSSR count). The summed E-state index contributed by atoms with van der Waals surface area (Å²) in [6, 6.07) is 0.311. The number of hydrogen-bond acceptors (Lipinski definition) is 6. The number of piperazine rings is 1. The lowest BCUT2D eigenvalue weighted by Gasteiger charge is -2.42. The summed E-state index contributed by atoms with van der Waals surface area (Å²) < 4.78 is 7.23. The van der Waals surface area contributed by atoms with Crippen molar-refractivity contribution in [1.29, 1.82) is 0 Å². The van der Waals surface area contributed by atoms with Gasteiger partial charge in [0, 0.05) is 51.8 Å². The Morgan fingerprint density at radius 3 is 2.65 bits per heavy atom. The highest BCUT2D eigenvalue weighted by atomic mass is 16.5. The molecule has 1 atom stereocenters. The van der Waals surface area contributed by atoms with E-state index in [-0.39, 0.29) is 0 Å². The van der Waals surface area contributed by atoms with E-state index in [1.54, 1.807) is 0 Å². The third-order valence-electron chi connectivity index (χ3n) is 4.85. The SMILES string of the molecule is CC(C)n1cc(CN2CCN(C3(C(=O)O)CCOC3)CC2)nn1. The summed E-state index contributed by atoms with van der Waals surface area (Å²) in [4.78, 5) is 16.1. The molecule has 2 aliphatic rings. The fourth-order valence-corrected chi connectivity index (χ4v) is 3.31. The molecule has 0 aliphatic carbocycles. The van der Waals surface area contributed by atoms with Gasteiger partial charge in [0.2, 0.25) is 0 Å². The van der Waals surface area contributed by atoms with Crippen LogP contribution in [0.4, 0.5) is 0 Å². The summed E-state index contributed by atoms with van der Waals surface area (Å²) in [5.41, 5.74) is 0.136. The molecule has 128 valence electrons. The predicted octanol–water partition coefficient (Wildman–Crippen LogP) is 0.220. The highest BCUT2D eigenvalue weighted by Gasteiger charge is 2.48. The first kappa shape index (κ1) is 16.4. The van der Waals surface area contributed by atoms with Crippen LogP contribution >= 0.6 is 0 Å². The number of nitrogens with zero attached hydrogens (tertiary/aromatic N) is 5. The maximum absolute atomic E-state index is 11.7. The molecule has 0 aromatic carbocycles. The number of hydrogen-bond donors (Lipinski definition) is 1.